The van der Waals surface area contributed by atoms with Gasteiger partial charge in [0.05, 0.1) is 11.3 Å². The van der Waals surface area contributed by atoms with Crippen molar-refractivity contribution in [3.63, 3.8) is 0 Å². The zero-order chi connectivity index (χ0) is 27.1. The Morgan fingerprint density at radius 3 is 2.08 bits per heavy atom. The van der Waals surface area contributed by atoms with Crippen LogP contribution in [0.2, 0.25) is 0 Å². The van der Waals surface area contributed by atoms with Crippen molar-refractivity contribution in [1.82, 2.24) is 14.4 Å². The lowest BCUT2D eigenvalue weighted by Crippen LogP contribution is -2.50. The van der Waals surface area contributed by atoms with Crippen LogP contribution >= 0.6 is 0 Å². The van der Waals surface area contributed by atoms with Crippen molar-refractivity contribution in [3.05, 3.63) is 101 Å². The zero-order valence-electron chi connectivity index (χ0n) is 21.8. The normalized spacial score (nSPS) is 14.5. The maximum absolute atomic E-state index is 13.8. The predicted molar refractivity (Wildman–Crippen MR) is 145 cm³/mol. The van der Waals surface area contributed by atoms with Crippen molar-refractivity contribution in [2.24, 2.45) is 0 Å². The van der Waals surface area contributed by atoms with Gasteiger partial charge in [-0.3, -0.25) is 9.59 Å². The van der Waals surface area contributed by atoms with Crippen molar-refractivity contribution in [2.45, 2.75) is 13.8 Å². The van der Waals surface area contributed by atoms with Crippen molar-refractivity contribution in [2.75, 3.05) is 33.0 Å². The molecule has 0 radical (unpaired) electrons. The molecule has 0 unspecified atom stereocenters. The highest BCUT2D eigenvalue weighted by molar-refractivity contribution is 5.98. The zero-order valence-corrected chi connectivity index (χ0v) is 21.8. The average Bonchev–Trinajstić information content (AvgIpc) is 3.57. The Hall–Kier alpha value is -4.59. The van der Waals surface area contributed by atoms with Gasteiger partial charge < -0.3 is 23.8 Å². The quantitative estimate of drug-likeness (QED) is 0.366. The van der Waals surface area contributed by atoms with Crippen molar-refractivity contribution < 1.29 is 23.5 Å². The minimum absolute atomic E-state index is 0.0862. The lowest BCUT2D eigenvalue weighted by Gasteiger charge is -2.35. The number of benzene rings is 3. The number of ether oxygens (including phenoxy) is 2. The van der Waals surface area contributed by atoms with Gasteiger partial charge in [0.25, 0.3) is 11.8 Å². The number of piperazine rings is 1. The number of aryl methyl sites for hydroxylation is 1. The van der Waals surface area contributed by atoms with Crippen LogP contribution in [-0.2, 0) is 0 Å². The molecule has 4 aromatic rings. The molecule has 0 saturated carbocycles. The number of hydrogen-bond acceptors (Lipinski definition) is 4. The van der Waals surface area contributed by atoms with E-state index in [1.165, 1.54) is 12.1 Å². The van der Waals surface area contributed by atoms with E-state index in [1.54, 1.807) is 40.1 Å². The summed E-state index contributed by atoms with van der Waals surface area (Å²) >= 11 is 0. The first-order chi connectivity index (χ1) is 18.9. The number of aromatic nitrogens is 1. The summed E-state index contributed by atoms with van der Waals surface area (Å²) in [6, 6.07) is 21.5. The van der Waals surface area contributed by atoms with Crippen LogP contribution in [0, 0.1) is 19.7 Å². The van der Waals surface area contributed by atoms with Gasteiger partial charge in [-0.1, -0.05) is 17.7 Å². The van der Waals surface area contributed by atoms with Gasteiger partial charge in [0.1, 0.15) is 5.82 Å². The molecular weight excluding hydrogens is 497 g/mol. The van der Waals surface area contributed by atoms with Gasteiger partial charge in [0, 0.05) is 43.1 Å². The molecule has 2 aliphatic rings. The summed E-state index contributed by atoms with van der Waals surface area (Å²) < 4.78 is 26.5. The van der Waals surface area contributed by atoms with Crippen LogP contribution in [0.15, 0.2) is 72.8 Å². The number of nitrogens with zero attached hydrogens (tertiary/aromatic N) is 3. The number of rotatable bonds is 4. The number of hydrogen-bond donors (Lipinski definition) is 0. The molecule has 1 fully saturated rings. The maximum atomic E-state index is 13.8. The Bertz CT molecular complexity index is 1550. The highest BCUT2D eigenvalue weighted by atomic mass is 19.1. The first-order valence-electron chi connectivity index (χ1n) is 12.9. The Kier molecular flexibility index (Phi) is 6.30. The van der Waals surface area contributed by atoms with Gasteiger partial charge in [0.2, 0.25) is 6.79 Å². The highest BCUT2D eigenvalue weighted by Gasteiger charge is 2.29. The second-order valence-electron chi connectivity index (χ2n) is 9.86. The lowest BCUT2D eigenvalue weighted by atomic mass is 10.1. The third kappa shape index (κ3) is 4.63. The van der Waals surface area contributed by atoms with Crippen LogP contribution in [0.25, 0.3) is 16.9 Å². The SMILES string of the molecule is Cc1ccc(-n2c(-c3ccc(F)cc3)cc(C(=O)N3CCN(C(=O)c4ccc5c(c4)OCO5)CC3)c2C)cc1. The Labute approximate surface area is 226 Å². The number of amides is 2. The standard InChI is InChI=1S/C31H28FN3O4/c1-20-3-10-25(11-4-20)35-21(2)26(18-27(35)22-5-8-24(32)9-6-22)31(37)34-15-13-33(14-16-34)30(36)23-7-12-28-29(17-23)39-19-38-28/h3-12,17-18H,13-16,19H2,1-2H3. The minimum Gasteiger partial charge on any atom is -0.454 e. The van der Waals surface area contributed by atoms with Gasteiger partial charge in [-0.25, -0.2) is 4.39 Å². The van der Waals surface area contributed by atoms with Gasteiger partial charge in [0.15, 0.2) is 11.5 Å². The molecule has 198 valence electrons. The van der Waals surface area contributed by atoms with E-state index < -0.39 is 0 Å². The third-order valence-corrected chi connectivity index (χ3v) is 7.38. The van der Waals surface area contributed by atoms with E-state index in [9.17, 15) is 14.0 Å². The predicted octanol–water partition coefficient (Wildman–Crippen LogP) is 5.23. The average molecular weight is 526 g/mol. The van der Waals surface area contributed by atoms with Crippen LogP contribution < -0.4 is 9.47 Å². The first-order valence-corrected chi connectivity index (χ1v) is 12.9. The molecule has 39 heavy (non-hydrogen) atoms. The van der Waals surface area contributed by atoms with Crippen LogP contribution in [0.4, 0.5) is 4.39 Å². The molecule has 6 rings (SSSR count). The van der Waals surface area contributed by atoms with E-state index in [0.29, 0.717) is 48.8 Å². The third-order valence-electron chi connectivity index (χ3n) is 7.38. The van der Waals surface area contributed by atoms with Crippen molar-refractivity contribution in [3.8, 4) is 28.4 Å². The monoisotopic (exact) mass is 525 g/mol. The molecule has 0 aliphatic carbocycles. The largest absolute Gasteiger partial charge is 0.454 e. The molecule has 7 nitrogen and oxygen atoms in total. The summed E-state index contributed by atoms with van der Waals surface area (Å²) in [4.78, 5) is 30.4. The topological polar surface area (TPSA) is 64.0 Å². The van der Waals surface area contributed by atoms with E-state index in [2.05, 4.69) is 0 Å². The van der Waals surface area contributed by atoms with Crippen LogP contribution in [0.1, 0.15) is 32.0 Å². The van der Waals surface area contributed by atoms with Gasteiger partial charge >= 0.3 is 0 Å². The molecule has 3 heterocycles. The fourth-order valence-electron chi connectivity index (χ4n) is 5.18. The van der Waals surface area contributed by atoms with Gasteiger partial charge in [-0.05, 0) is 80.1 Å². The summed E-state index contributed by atoms with van der Waals surface area (Å²) in [7, 11) is 0. The molecule has 0 atom stereocenters. The van der Waals surface area contributed by atoms with E-state index in [1.807, 2.05) is 48.7 Å². The van der Waals surface area contributed by atoms with E-state index in [-0.39, 0.29) is 24.4 Å². The van der Waals surface area contributed by atoms with Gasteiger partial charge in [-0.2, -0.15) is 0 Å². The van der Waals surface area contributed by atoms with Crippen molar-refractivity contribution in [1.29, 1.82) is 0 Å². The van der Waals surface area contributed by atoms with E-state index in [4.69, 9.17) is 9.47 Å². The molecule has 0 spiro atoms. The lowest BCUT2D eigenvalue weighted by molar-refractivity contribution is 0.0535. The van der Waals surface area contributed by atoms with Crippen LogP contribution in [-0.4, -0.2) is 59.2 Å². The fraction of sp³-hybridized carbons (Fsp3) is 0.226. The number of carbonyl (C=O) groups excluding carboxylic acids is 2. The fourth-order valence-corrected chi connectivity index (χ4v) is 5.18. The molecule has 8 heteroatoms. The molecule has 0 N–H and O–H groups in total. The van der Waals surface area contributed by atoms with E-state index in [0.717, 1.165) is 28.2 Å². The molecule has 2 amide bonds. The summed E-state index contributed by atoms with van der Waals surface area (Å²) in [5.41, 5.74) is 5.63. The number of halogens is 1. The highest BCUT2D eigenvalue weighted by Crippen LogP contribution is 2.33. The van der Waals surface area contributed by atoms with Crippen LogP contribution in [0.3, 0.4) is 0 Å². The molecule has 1 saturated heterocycles. The Balaban J connectivity index is 1.24. The Morgan fingerprint density at radius 1 is 0.744 bits per heavy atom. The molecule has 0 bridgehead atoms. The second kappa shape index (κ2) is 9.94. The van der Waals surface area contributed by atoms with Crippen LogP contribution in [0.5, 0.6) is 11.5 Å². The summed E-state index contributed by atoms with van der Waals surface area (Å²) in [6.07, 6.45) is 0. The smallest absolute Gasteiger partial charge is 0.255 e. The summed E-state index contributed by atoms with van der Waals surface area (Å²) in [6.45, 7) is 5.83. The molecule has 2 aliphatic heterocycles. The maximum Gasteiger partial charge on any atom is 0.255 e. The van der Waals surface area contributed by atoms with Crippen molar-refractivity contribution >= 4 is 11.8 Å². The first kappa shape index (κ1) is 24.7. The van der Waals surface area contributed by atoms with E-state index >= 15 is 0 Å². The second-order valence-corrected chi connectivity index (χ2v) is 9.86. The summed E-state index contributed by atoms with van der Waals surface area (Å²) in [5, 5.41) is 0. The molecule has 3 aromatic carbocycles. The minimum atomic E-state index is -0.312. The molecule has 1 aromatic heterocycles. The Morgan fingerprint density at radius 2 is 1.38 bits per heavy atom. The number of fused-ring (bicyclic) bond motifs is 1. The number of carbonyl (C=O) groups is 2. The van der Waals surface area contributed by atoms with Gasteiger partial charge in [-0.15, -0.1) is 0 Å². The summed E-state index contributed by atoms with van der Waals surface area (Å²) in [5.74, 6) is 0.709. The molecular formula is C31H28FN3O4.